The molecular formula is C19H24N4O3. The molecule has 1 saturated heterocycles. The third-order valence-electron chi connectivity index (χ3n) is 5.19. The number of hydrogen-bond donors (Lipinski definition) is 1. The van der Waals surface area contributed by atoms with Crippen LogP contribution in [0.2, 0.25) is 0 Å². The number of carbonyl (C=O) groups is 2. The number of rotatable bonds is 3. The fourth-order valence-corrected chi connectivity index (χ4v) is 3.77. The molecule has 2 aromatic rings. The number of carbonyl (C=O) groups excluding carboxylic acids is 2. The van der Waals surface area contributed by atoms with Crippen molar-refractivity contribution in [2.24, 2.45) is 0 Å². The van der Waals surface area contributed by atoms with E-state index in [9.17, 15) is 9.59 Å². The molecule has 0 spiro atoms. The van der Waals surface area contributed by atoms with E-state index >= 15 is 0 Å². The van der Waals surface area contributed by atoms with Crippen LogP contribution in [0.3, 0.4) is 0 Å². The summed E-state index contributed by atoms with van der Waals surface area (Å²) in [5.41, 5.74) is 0.999. The van der Waals surface area contributed by atoms with Gasteiger partial charge in [-0.3, -0.25) is 14.0 Å². The summed E-state index contributed by atoms with van der Waals surface area (Å²) in [6, 6.07) is 5.73. The average Bonchev–Trinajstić information content (AvgIpc) is 3.09. The maximum absolute atomic E-state index is 12.9. The van der Waals surface area contributed by atoms with Crippen LogP contribution in [0.5, 0.6) is 0 Å². The number of morpholine rings is 1. The Labute approximate surface area is 152 Å². The van der Waals surface area contributed by atoms with Gasteiger partial charge in [0.15, 0.2) is 5.69 Å². The van der Waals surface area contributed by atoms with Gasteiger partial charge in [-0.15, -0.1) is 0 Å². The zero-order chi connectivity index (χ0) is 17.9. The van der Waals surface area contributed by atoms with Crippen LogP contribution in [0.15, 0.2) is 24.4 Å². The molecule has 0 radical (unpaired) electrons. The topological polar surface area (TPSA) is 75.9 Å². The molecule has 2 aliphatic rings. The maximum atomic E-state index is 12.9. The highest BCUT2D eigenvalue weighted by atomic mass is 16.5. The summed E-state index contributed by atoms with van der Waals surface area (Å²) in [7, 11) is 0. The Kier molecular flexibility index (Phi) is 4.88. The Morgan fingerprint density at radius 1 is 1.12 bits per heavy atom. The quantitative estimate of drug-likeness (QED) is 0.911. The molecule has 138 valence electrons. The van der Waals surface area contributed by atoms with Gasteiger partial charge in [-0.25, -0.2) is 4.98 Å². The number of aromatic nitrogens is 2. The number of hydrogen-bond acceptors (Lipinski definition) is 4. The van der Waals surface area contributed by atoms with Crippen LogP contribution in [0.1, 0.15) is 53.2 Å². The van der Waals surface area contributed by atoms with Crippen molar-refractivity contribution >= 4 is 17.3 Å². The van der Waals surface area contributed by atoms with E-state index in [4.69, 9.17) is 4.74 Å². The van der Waals surface area contributed by atoms with Gasteiger partial charge in [0.05, 0.1) is 18.7 Å². The lowest BCUT2D eigenvalue weighted by atomic mass is 9.95. The Morgan fingerprint density at radius 3 is 2.65 bits per heavy atom. The summed E-state index contributed by atoms with van der Waals surface area (Å²) in [5, 5.41) is 3.09. The van der Waals surface area contributed by atoms with E-state index in [2.05, 4.69) is 10.3 Å². The first-order valence-electron chi connectivity index (χ1n) is 9.39. The number of amides is 2. The zero-order valence-corrected chi connectivity index (χ0v) is 14.8. The highest BCUT2D eigenvalue weighted by Crippen LogP contribution is 2.19. The van der Waals surface area contributed by atoms with Crippen LogP contribution in [0.25, 0.3) is 5.52 Å². The average molecular weight is 356 g/mol. The van der Waals surface area contributed by atoms with Gasteiger partial charge in [-0.1, -0.05) is 25.3 Å². The Morgan fingerprint density at radius 2 is 1.88 bits per heavy atom. The second-order valence-corrected chi connectivity index (χ2v) is 6.95. The van der Waals surface area contributed by atoms with Gasteiger partial charge in [0.1, 0.15) is 0 Å². The lowest BCUT2D eigenvalue weighted by molar-refractivity contribution is 0.0300. The molecule has 26 heavy (non-hydrogen) atoms. The monoisotopic (exact) mass is 356 g/mol. The molecule has 0 aromatic carbocycles. The summed E-state index contributed by atoms with van der Waals surface area (Å²) in [6.45, 7) is 2.17. The second kappa shape index (κ2) is 7.45. The molecule has 7 nitrogen and oxygen atoms in total. The summed E-state index contributed by atoms with van der Waals surface area (Å²) in [5.74, 6) is -0.0735. The fourth-order valence-electron chi connectivity index (χ4n) is 3.77. The predicted molar refractivity (Wildman–Crippen MR) is 96.3 cm³/mol. The molecule has 1 saturated carbocycles. The van der Waals surface area contributed by atoms with Crippen LogP contribution in [-0.4, -0.2) is 58.4 Å². The minimum Gasteiger partial charge on any atom is -0.378 e. The van der Waals surface area contributed by atoms with Crippen LogP contribution in [-0.2, 0) is 4.74 Å². The lowest BCUT2D eigenvalue weighted by Crippen LogP contribution is -2.41. The summed E-state index contributed by atoms with van der Waals surface area (Å²) < 4.78 is 7.03. The van der Waals surface area contributed by atoms with Crippen molar-refractivity contribution in [3.05, 3.63) is 35.9 Å². The lowest BCUT2D eigenvalue weighted by Gasteiger charge is -2.26. The van der Waals surface area contributed by atoms with Crippen molar-refractivity contribution in [3.63, 3.8) is 0 Å². The third-order valence-corrected chi connectivity index (χ3v) is 5.19. The van der Waals surface area contributed by atoms with E-state index in [1.165, 1.54) is 6.42 Å². The zero-order valence-electron chi connectivity index (χ0n) is 14.8. The summed E-state index contributed by atoms with van der Waals surface area (Å²) >= 11 is 0. The van der Waals surface area contributed by atoms with Gasteiger partial charge in [0, 0.05) is 25.3 Å². The molecule has 2 fully saturated rings. The van der Waals surface area contributed by atoms with Crippen LogP contribution in [0.4, 0.5) is 0 Å². The van der Waals surface area contributed by atoms with E-state index in [0.717, 1.165) is 25.7 Å². The van der Waals surface area contributed by atoms with Crippen molar-refractivity contribution in [3.8, 4) is 0 Å². The molecule has 2 amide bonds. The standard InChI is InChI=1S/C19H24N4O3/c24-18(20-14-6-2-1-3-7-14)17-21-16(15-8-4-5-9-23(15)17)19(25)22-10-12-26-13-11-22/h4-5,8-9,14H,1-3,6-7,10-13H2,(H,20,24). The van der Waals surface area contributed by atoms with Crippen molar-refractivity contribution in [2.75, 3.05) is 26.3 Å². The number of ether oxygens (including phenoxy) is 1. The largest absolute Gasteiger partial charge is 0.378 e. The van der Waals surface area contributed by atoms with Crippen LogP contribution < -0.4 is 5.32 Å². The number of imidazole rings is 1. The predicted octanol–water partition coefficient (Wildman–Crippen LogP) is 1.87. The Balaban J connectivity index is 1.62. The first kappa shape index (κ1) is 17.0. The highest BCUT2D eigenvalue weighted by molar-refractivity contribution is 6.02. The number of nitrogens with zero attached hydrogens (tertiary/aromatic N) is 3. The van der Waals surface area contributed by atoms with Gasteiger partial charge in [0.25, 0.3) is 11.8 Å². The minimum atomic E-state index is -0.209. The van der Waals surface area contributed by atoms with Crippen molar-refractivity contribution in [2.45, 2.75) is 38.1 Å². The van der Waals surface area contributed by atoms with E-state index in [0.29, 0.717) is 37.5 Å². The first-order valence-corrected chi connectivity index (χ1v) is 9.39. The van der Waals surface area contributed by atoms with Crippen LogP contribution in [0, 0.1) is 0 Å². The minimum absolute atomic E-state index is 0.145. The Bertz CT molecular complexity index is 804. The molecule has 3 heterocycles. The van der Waals surface area contributed by atoms with E-state index in [1.807, 2.05) is 18.2 Å². The maximum Gasteiger partial charge on any atom is 0.287 e. The van der Waals surface area contributed by atoms with Gasteiger partial charge in [0.2, 0.25) is 5.82 Å². The number of pyridine rings is 1. The SMILES string of the molecule is O=C(NC1CCCCC1)c1nc(C(=O)N2CCOCC2)c2ccccn12. The molecule has 1 aliphatic heterocycles. The summed E-state index contributed by atoms with van der Waals surface area (Å²) in [4.78, 5) is 31.9. The highest BCUT2D eigenvalue weighted by Gasteiger charge is 2.27. The Hall–Kier alpha value is -2.41. The molecule has 0 bridgehead atoms. The molecule has 4 rings (SSSR count). The molecule has 0 atom stereocenters. The van der Waals surface area contributed by atoms with E-state index in [1.54, 1.807) is 15.5 Å². The molecule has 7 heteroatoms. The normalized spacial score (nSPS) is 18.8. The smallest absolute Gasteiger partial charge is 0.287 e. The summed E-state index contributed by atoms with van der Waals surface area (Å²) in [6.07, 6.45) is 7.33. The first-order chi connectivity index (χ1) is 12.7. The molecule has 1 aliphatic carbocycles. The number of fused-ring (bicyclic) bond motifs is 1. The third kappa shape index (κ3) is 3.31. The van der Waals surface area contributed by atoms with Gasteiger partial charge >= 0.3 is 0 Å². The van der Waals surface area contributed by atoms with Gasteiger partial charge in [-0.2, -0.15) is 0 Å². The van der Waals surface area contributed by atoms with E-state index in [-0.39, 0.29) is 23.7 Å². The molecule has 0 unspecified atom stereocenters. The van der Waals surface area contributed by atoms with Gasteiger partial charge in [-0.05, 0) is 25.0 Å². The fraction of sp³-hybridized carbons (Fsp3) is 0.526. The van der Waals surface area contributed by atoms with Crippen molar-refractivity contribution in [1.29, 1.82) is 0 Å². The number of nitrogens with one attached hydrogen (secondary N) is 1. The molecule has 1 N–H and O–H groups in total. The molecule has 2 aromatic heterocycles. The van der Waals surface area contributed by atoms with E-state index < -0.39 is 0 Å². The van der Waals surface area contributed by atoms with Gasteiger partial charge < -0.3 is 15.0 Å². The second-order valence-electron chi connectivity index (χ2n) is 6.95. The van der Waals surface area contributed by atoms with Crippen molar-refractivity contribution in [1.82, 2.24) is 19.6 Å². The molecular weight excluding hydrogens is 332 g/mol. The van der Waals surface area contributed by atoms with Crippen molar-refractivity contribution < 1.29 is 14.3 Å². The van der Waals surface area contributed by atoms with Crippen LogP contribution >= 0.6 is 0 Å².